The molecule has 2 aromatic rings. The van der Waals surface area contributed by atoms with Crippen LogP contribution in [0.25, 0.3) is 11.1 Å². The summed E-state index contributed by atoms with van der Waals surface area (Å²) in [7, 11) is 0. The Hall–Kier alpha value is -1.64. The molecule has 3 rings (SSSR count). The van der Waals surface area contributed by atoms with Crippen molar-refractivity contribution in [2.24, 2.45) is 5.73 Å². The average molecular weight is 224 g/mol. The van der Waals surface area contributed by atoms with E-state index in [9.17, 15) is 0 Å². The van der Waals surface area contributed by atoms with Crippen LogP contribution in [0.4, 0.5) is 0 Å². The number of rotatable bonds is 2. The van der Waals surface area contributed by atoms with Crippen LogP contribution in [0.2, 0.25) is 0 Å². The molecule has 2 aromatic carbocycles. The molecule has 0 spiro atoms. The summed E-state index contributed by atoms with van der Waals surface area (Å²) in [6, 6.07) is 19.0. The van der Waals surface area contributed by atoms with E-state index in [4.69, 9.17) is 5.73 Å². The van der Waals surface area contributed by atoms with Gasteiger partial charge >= 0.3 is 0 Å². The topological polar surface area (TPSA) is 38.0 Å². The van der Waals surface area contributed by atoms with Crippen molar-refractivity contribution in [1.29, 1.82) is 0 Å². The molecule has 1 aliphatic rings. The zero-order valence-corrected chi connectivity index (χ0v) is 9.69. The normalized spacial score (nSPS) is 17.5. The van der Waals surface area contributed by atoms with E-state index in [2.05, 4.69) is 53.8 Å². The Bertz CT molecular complexity index is 498. The molecule has 1 saturated heterocycles. The Morgan fingerprint density at radius 2 is 1.41 bits per heavy atom. The zero-order valence-electron chi connectivity index (χ0n) is 9.69. The highest BCUT2D eigenvalue weighted by Crippen LogP contribution is 2.25. The molecule has 0 saturated carbocycles. The minimum absolute atomic E-state index is 0.158. The molecule has 1 heterocycles. The van der Waals surface area contributed by atoms with Crippen LogP contribution in [-0.4, -0.2) is 13.1 Å². The minimum atomic E-state index is -0.158. The Kier molecular flexibility index (Phi) is 2.46. The summed E-state index contributed by atoms with van der Waals surface area (Å²) in [6.45, 7) is 1.75. The van der Waals surface area contributed by atoms with E-state index in [1.54, 1.807) is 0 Å². The first-order valence-electron chi connectivity index (χ1n) is 5.93. The maximum atomic E-state index is 6.25. The second-order valence-corrected chi connectivity index (χ2v) is 4.70. The minimum Gasteiger partial charge on any atom is -0.319 e. The van der Waals surface area contributed by atoms with Crippen LogP contribution in [0, 0.1) is 0 Å². The van der Waals surface area contributed by atoms with Crippen LogP contribution in [0.5, 0.6) is 0 Å². The van der Waals surface area contributed by atoms with E-state index < -0.39 is 0 Å². The maximum absolute atomic E-state index is 6.25. The monoisotopic (exact) mass is 224 g/mol. The number of nitrogens with one attached hydrogen (secondary N) is 1. The van der Waals surface area contributed by atoms with Crippen LogP contribution in [-0.2, 0) is 5.54 Å². The Morgan fingerprint density at radius 3 is 1.94 bits per heavy atom. The van der Waals surface area contributed by atoms with Gasteiger partial charge in [0.1, 0.15) is 0 Å². The van der Waals surface area contributed by atoms with Gasteiger partial charge in [0.05, 0.1) is 5.54 Å². The lowest BCUT2D eigenvalue weighted by atomic mass is 9.85. The van der Waals surface area contributed by atoms with Gasteiger partial charge in [-0.3, -0.25) is 0 Å². The molecule has 0 bridgehead atoms. The van der Waals surface area contributed by atoms with Crippen LogP contribution in [0.15, 0.2) is 54.6 Å². The molecule has 0 atom stereocenters. The fraction of sp³-hybridized carbons (Fsp3) is 0.200. The highest BCUT2D eigenvalue weighted by Gasteiger charge is 2.33. The van der Waals surface area contributed by atoms with Crippen LogP contribution in [0.3, 0.4) is 0 Å². The lowest BCUT2D eigenvalue weighted by molar-refractivity contribution is 0.287. The molecule has 86 valence electrons. The molecule has 0 unspecified atom stereocenters. The summed E-state index contributed by atoms with van der Waals surface area (Å²) in [5.74, 6) is 0. The summed E-state index contributed by atoms with van der Waals surface area (Å²) < 4.78 is 0. The molecule has 2 heteroatoms. The highest BCUT2D eigenvalue weighted by molar-refractivity contribution is 5.63. The summed E-state index contributed by atoms with van der Waals surface area (Å²) >= 11 is 0. The molecule has 3 N–H and O–H groups in total. The van der Waals surface area contributed by atoms with E-state index in [1.807, 2.05) is 6.07 Å². The SMILES string of the molecule is NC1(c2ccc(-c3ccccc3)cc2)CNC1. The third-order valence-electron chi connectivity index (χ3n) is 3.45. The number of benzene rings is 2. The first kappa shape index (κ1) is 10.5. The zero-order chi connectivity index (χ0) is 11.7. The smallest absolute Gasteiger partial charge is 0.0662 e. The van der Waals surface area contributed by atoms with E-state index in [0.717, 1.165) is 13.1 Å². The van der Waals surface area contributed by atoms with E-state index in [0.29, 0.717) is 0 Å². The molecule has 17 heavy (non-hydrogen) atoms. The molecule has 0 radical (unpaired) electrons. The van der Waals surface area contributed by atoms with Gasteiger partial charge in [-0.25, -0.2) is 0 Å². The fourth-order valence-electron chi connectivity index (χ4n) is 2.22. The van der Waals surface area contributed by atoms with E-state index in [-0.39, 0.29) is 5.54 Å². The van der Waals surface area contributed by atoms with E-state index in [1.165, 1.54) is 16.7 Å². The second kappa shape index (κ2) is 3.99. The van der Waals surface area contributed by atoms with Gasteiger partial charge in [-0.2, -0.15) is 0 Å². The first-order valence-corrected chi connectivity index (χ1v) is 5.93. The summed E-state index contributed by atoms with van der Waals surface area (Å²) in [6.07, 6.45) is 0. The predicted molar refractivity (Wildman–Crippen MR) is 70.6 cm³/mol. The molecule has 0 aliphatic carbocycles. The average Bonchev–Trinajstić information content (AvgIpc) is 2.37. The van der Waals surface area contributed by atoms with Crippen LogP contribution >= 0.6 is 0 Å². The lowest BCUT2D eigenvalue weighted by Gasteiger charge is -2.39. The van der Waals surface area contributed by atoms with Crippen molar-refractivity contribution in [1.82, 2.24) is 5.32 Å². The van der Waals surface area contributed by atoms with E-state index >= 15 is 0 Å². The van der Waals surface area contributed by atoms with Crippen molar-refractivity contribution in [3.05, 3.63) is 60.2 Å². The van der Waals surface area contributed by atoms with Crippen molar-refractivity contribution < 1.29 is 0 Å². The molecule has 1 aliphatic heterocycles. The summed E-state index contributed by atoms with van der Waals surface area (Å²) in [5.41, 5.74) is 9.80. The van der Waals surface area contributed by atoms with Gasteiger partial charge in [0.15, 0.2) is 0 Å². The summed E-state index contributed by atoms with van der Waals surface area (Å²) in [4.78, 5) is 0. The predicted octanol–water partition coefficient (Wildman–Crippen LogP) is 2.11. The standard InChI is InChI=1S/C15H16N2/c16-15(10-17-11-15)14-8-6-13(7-9-14)12-4-2-1-3-5-12/h1-9,17H,10-11,16H2. The number of nitrogens with two attached hydrogens (primary N) is 1. The lowest BCUT2D eigenvalue weighted by Crippen LogP contribution is -2.62. The number of hydrogen-bond donors (Lipinski definition) is 2. The van der Waals surface area contributed by atoms with Gasteiger partial charge in [-0.1, -0.05) is 54.6 Å². The van der Waals surface area contributed by atoms with Gasteiger partial charge in [-0.05, 0) is 16.7 Å². The van der Waals surface area contributed by atoms with Crippen molar-refractivity contribution in [3.63, 3.8) is 0 Å². The molecule has 0 amide bonds. The van der Waals surface area contributed by atoms with Crippen molar-refractivity contribution >= 4 is 0 Å². The van der Waals surface area contributed by atoms with Crippen molar-refractivity contribution in [2.45, 2.75) is 5.54 Å². The highest BCUT2D eigenvalue weighted by atomic mass is 15.1. The van der Waals surface area contributed by atoms with Crippen molar-refractivity contribution in [3.8, 4) is 11.1 Å². The summed E-state index contributed by atoms with van der Waals surface area (Å²) in [5, 5.41) is 3.22. The fourth-order valence-corrected chi connectivity index (χ4v) is 2.22. The maximum Gasteiger partial charge on any atom is 0.0662 e. The Balaban J connectivity index is 1.90. The van der Waals surface area contributed by atoms with Gasteiger partial charge in [0.25, 0.3) is 0 Å². The van der Waals surface area contributed by atoms with Gasteiger partial charge in [0, 0.05) is 13.1 Å². The molecule has 2 nitrogen and oxygen atoms in total. The van der Waals surface area contributed by atoms with Gasteiger partial charge in [-0.15, -0.1) is 0 Å². The molecule has 1 fully saturated rings. The van der Waals surface area contributed by atoms with Gasteiger partial charge < -0.3 is 11.1 Å². The molecular formula is C15H16N2. The number of hydrogen-bond acceptors (Lipinski definition) is 2. The Morgan fingerprint density at radius 1 is 0.824 bits per heavy atom. The van der Waals surface area contributed by atoms with Crippen LogP contribution < -0.4 is 11.1 Å². The molecular weight excluding hydrogens is 208 g/mol. The third-order valence-corrected chi connectivity index (χ3v) is 3.45. The largest absolute Gasteiger partial charge is 0.319 e. The second-order valence-electron chi connectivity index (χ2n) is 4.70. The Labute approximate surface area is 101 Å². The quantitative estimate of drug-likeness (QED) is 0.820. The van der Waals surface area contributed by atoms with Gasteiger partial charge in [0.2, 0.25) is 0 Å². The first-order chi connectivity index (χ1) is 8.28. The van der Waals surface area contributed by atoms with Crippen molar-refractivity contribution in [2.75, 3.05) is 13.1 Å². The van der Waals surface area contributed by atoms with Crippen LogP contribution in [0.1, 0.15) is 5.56 Å². The third kappa shape index (κ3) is 1.86. The molecule has 0 aromatic heterocycles.